The first-order valence-corrected chi connectivity index (χ1v) is 9.61. The SMILES string of the molecule is Cc1cc(C(=O)N2CCC3(CC2)c2nc[nH]c2CCN3C)nc2[nH][nH]c(=O)c12. The third-order valence-electron chi connectivity index (χ3n) is 6.42. The number of piperidine rings is 1. The molecular formula is C19H23N7O2. The highest BCUT2D eigenvalue weighted by atomic mass is 16.2. The van der Waals surface area contributed by atoms with Crippen molar-refractivity contribution in [1.29, 1.82) is 0 Å². The molecular weight excluding hydrogens is 358 g/mol. The molecule has 0 radical (unpaired) electrons. The van der Waals surface area contributed by atoms with Gasteiger partial charge >= 0.3 is 0 Å². The molecule has 0 aliphatic carbocycles. The average Bonchev–Trinajstić information content (AvgIpc) is 3.32. The van der Waals surface area contributed by atoms with Crippen molar-refractivity contribution >= 4 is 16.9 Å². The van der Waals surface area contributed by atoms with Gasteiger partial charge in [-0.2, -0.15) is 0 Å². The van der Waals surface area contributed by atoms with Crippen molar-refractivity contribution in [2.75, 3.05) is 26.7 Å². The molecule has 5 rings (SSSR count). The van der Waals surface area contributed by atoms with Crippen molar-refractivity contribution in [2.24, 2.45) is 0 Å². The molecule has 9 heteroatoms. The molecule has 2 aliphatic rings. The number of amides is 1. The van der Waals surface area contributed by atoms with Gasteiger partial charge in [0.2, 0.25) is 0 Å². The number of H-pyrrole nitrogens is 3. The molecule has 0 aromatic carbocycles. The van der Waals surface area contributed by atoms with E-state index in [2.05, 4.69) is 37.1 Å². The molecule has 1 amide bonds. The van der Waals surface area contributed by atoms with Gasteiger partial charge in [0.25, 0.3) is 11.5 Å². The Hall–Kier alpha value is -2.94. The Kier molecular flexibility index (Phi) is 3.70. The molecule has 5 heterocycles. The van der Waals surface area contributed by atoms with E-state index < -0.39 is 0 Å². The molecule has 3 aromatic rings. The molecule has 1 fully saturated rings. The second kappa shape index (κ2) is 6.03. The lowest BCUT2D eigenvalue weighted by molar-refractivity contribution is 0.0223. The van der Waals surface area contributed by atoms with Gasteiger partial charge in [0.05, 0.1) is 22.9 Å². The van der Waals surface area contributed by atoms with Crippen LogP contribution in [0.5, 0.6) is 0 Å². The van der Waals surface area contributed by atoms with Crippen LogP contribution in [0.3, 0.4) is 0 Å². The van der Waals surface area contributed by atoms with Crippen molar-refractivity contribution in [2.45, 2.75) is 31.7 Å². The van der Waals surface area contributed by atoms with E-state index in [4.69, 9.17) is 0 Å². The van der Waals surface area contributed by atoms with Gasteiger partial charge in [-0.15, -0.1) is 0 Å². The number of rotatable bonds is 1. The zero-order valence-electron chi connectivity index (χ0n) is 16.0. The first-order valence-electron chi connectivity index (χ1n) is 9.61. The number of aromatic amines is 3. The molecule has 1 spiro atoms. The first kappa shape index (κ1) is 17.2. The van der Waals surface area contributed by atoms with Crippen LogP contribution in [0.4, 0.5) is 0 Å². The molecule has 0 bridgehead atoms. The summed E-state index contributed by atoms with van der Waals surface area (Å²) >= 11 is 0. The normalized spacial score (nSPS) is 19.3. The minimum atomic E-state index is -0.214. The van der Waals surface area contributed by atoms with Gasteiger partial charge in [-0.05, 0) is 38.4 Å². The summed E-state index contributed by atoms with van der Waals surface area (Å²) in [5.74, 6) is -0.0948. The number of fused-ring (bicyclic) bond motifs is 3. The number of hydrogen-bond donors (Lipinski definition) is 3. The van der Waals surface area contributed by atoms with Crippen LogP contribution in [-0.4, -0.2) is 67.5 Å². The van der Waals surface area contributed by atoms with Gasteiger partial charge in [0, 0.05) is 31.7 Å². The number of likely N-dealkylation sites (N-methyl/N-ethyl adjacent to an activating group) is 1. The van der Waals surface area contributed by atoms with Crippen LogP contribution in [0.2, 0.25) is 0 Å². The molecule has 0 saturated carbocycles. The quantitative estimate of drug-likeness (QED) is 0.580. The zero-order chi connectivity index (χ0) is 19.5. The molecule has 3 N–H and O–H groups in total. The Morgan fingerprint density at radius 2 is 2.00 bits per heavy atom. The van der Waals surface area contributed by atoms with Crippen LogP contribution < -0.4 is 5.56 Å². The lowest BCUT2D eigenvalue weighted by Crippen LogP contribution is -2.55. The van der Waals surface area contributed by atoms with Gasteiger partial charge < -0.3 is 9.88 Å². The summed E-state index contributed by atoms with van der Waals surface area (Å²) in [4.78, 5) is 41.4. The van der Waals surface area contributed by atoms with Crippen molar-refractivity contribution in [1.82, 2.24) is 34.9 Å². The van der Waals surface area contributed by atoms with Crippen molar-refractivity contribution in [3.8, 4) is 0 Å². The third kappa shape index (κ3) is 2.35. The average molecular weight is 381 g/mol. The monoisotopic (exact) mass is 381 g/mol. The lowest BCUT2D eigenvalue weighted by atomic mass is 9.79. The summed E-state index contributed by atoms with van der Waals surface area (Å²) in [5, 5.41) is 5.78. The fraction of sp³-hybridized carbons (Fsp3) is 0.474. The molecule has 146 valence electrons. The van der Waals surface area contributed by atoms with Crippen molar-refractivity contribution in [3.63, 3.8) is 0 Å². The summed E-state index contributed by atoms with van der Waals surface area (Å²) in [7, 11) is 2.15. The molecule has 28 heavy (non-hydrogen) atoms. The van der Waals surface area contributed by atoms with E-state index in [0.29, 0.717) is 29.8 Å². The second-order valence-electron chi connectivity index (χ2n) is 7.85. The largest absolute Gasteiger partial charge is 0.348 e. The lowest BCUT2D eigenvalue weighted by Gasteiger charge is -2.49. The topological polar surface area (TPSA) is 114 Å². The highest BCUT2D eigenvalue weighted by Crippen LogP contribution is 2.41. The van der Waals surface area contributed by atoms with Gasteiger partial charge in [-0.3, -0.25) is 24.7 Å². The predicted molar refractivity (Wildman–Crippen MR) is 103 cm³/mol. The number of carbonyl (C=O) groups is 1. The van der Waals surface area contributed by atoms with E-state index in [1.807, 2.05) is 11.8 Å². The maximum absolute atomic E-state index is 13.1. The third-order valence-corrected chi connectivity index (χ3v) is 6.42. The highest BCUT2D eigenvalue weighted by molar-refractivity contribution is 5.95. The summed E-state index contributed by atoms with van der Waals surface area (Å²) in [6.45, 7) is 4.11. The minimum Gasteiger partial charge on any atom is -0.348 e. The van der Waals surface area contributed by atoms with Crippen LogP contribution in [0.15, 0.2) is 17.2 Å². The highest BCUT2D eigenvalue weighted by Gasteiger charge is 2.45. The maximum atomic E-state index is 13.1. The van der Waals surface area contributed by atoms with E-state index in [1.54, 1.807) is 12.4 Å². The number of nitrogens with zero attached hydrogens (tertiary/aromatic N) is 4. The van der Waals surface area contributed by atoms with Gasteiger partial charge in [0.1, 0.15) is 5.69 Å². The van der Waals surface area contributed by atoms with Crippen molar-refractivity contribution in [3.05, 3.63) is 45.4 Å². The van der Waals surface area contributed by atoms with Crippen LogP contribution in [0, 0.1) is 6.92 Å². The summed E-state index contributed by atoms with van der Waals surface area (Å²) in [5.41, 5.74) is 3.57. The number of hydrogen-bond acceptors (Lipinski definition) is 5. The van der Waals surface area contributed by atoms with Crippen LogP contribution in [-0.2, 0) is 12.0 Å². The van der Waals surface area contributed by atoms with Gasteiger partial charge in [-0.25, -0.2) is 9.97 Å². The van der Waals surface area contributed by atoms with Crippen molar-refractivity contribution < 1.29 is 4.79 Å². The Bertz CT molecular complexity index is 1120. The smallest absolute Gasteiger partial charge is 0.273 e. The van der Waals surface area contributed by atoms with E-state index >= 15 is 0 Å². The molecule has 3 aromatic heterocycles. The van der Waals surface area contributed by atoms with Gasteiger partial charge in [0.15, 0.2) is 5.65 Å². The molecule has 0 unspecified atom stereocenters. The minimum absolute atomic E-state index is 0.0948. The number of nitrogens with one attached hydrogen (secondary N) is 3. The van der Waals surface area contributed by atoms with E-state index in [9.17, 15) is 9.59 Å². The predicted octanol–water partition coefficient (Wildman–Crippen LogP) is 0.902. The van der Waals surface area contributed by atoms with E-state index in [0.717, 1.165) is 37.1 Å². The number of imidazole rings is 1. The Morgan fingerprint density at radius 3 is 2.79 bits per heavy atom. The molecule has 2 aliphatic heterocycles. The summed E-state index contributed by atoms with van der Waals surface area (Å²) in [6, 6.07) is 1.71. The number of aryl methyl sites for hydroxylation is 1. The summed E-state index contributed by atoms with van der Waals surface area (Å²) < 4.78 is 0. The Balaban J connectivity index is 1.41. The summed E-state index contributed by atoms with van der Waals surface area (Å²) in [6.07, 6.45) is 4.45. The number of pyridine rings is 1. The Morgan fingerprint density at radius 1 is 1.21 bits per heavy atom. The zero-order valence-corrected chi connectivity index (χ0v) is 16.0. The molecule has 1 saturated heterocycles. The Labute approximate surface area is 161 Å². The van der Waals surface area contributed by atoms with E-state index in [1.165, 1.54) is 5.69 Å². The first-order chi connectivity index (χ1) is 13.5. The fourth-order valence-corrected chi connectivity index (χ4v) is 4.78. The second-order valence-corrected chi connectivity index (χ2v) is 7.85. The number of carbonyl (C=O) groups excluding carboxylic acids is 1. The standard InChI is InChI=1S/C19H23N7O2/c1-11-9-13(22-16-14(11)17(27)24-23-16)18(28)26-7-4-19(5-8-26)15-12(20-10-21-15)3-6-25(19)2/h9-10H,3-8H2,1-2H3,(H,20,21)(H2,22,23,24,27). The number of likely N-dealkylation sites (tertiary alicyclic amines) is 1. The van der Waals surface area contributed by atoms with Crippen LogP contribution >= 0.6 is 0 Å². The number of aromatic nitrogens is 5. The van der Waals surface area contributed by atoms with E-state index in [-0.39, 0.29) is 17.0 Å². The fourth-order valence-electron chi connectivity index (χ4n) is 4.78. The molecule has 9 nitrogen and oxygen atoms in total. The van der Waals surface area contributed by atoms with Gasteiger partial charge in [-0.1, -0.05) is 0 Å². The van der Waals surface area contributed by atoms with Crippen LogP contribution in [0.1, 0.15) is 40.3 Å². The maximum Gasteiger partial charge on any atom is 0.273 e. The van der Waals surface area contributed by atoms with Crippen LogP contribution in [0.25, 0.3) is 11.0 Å². The molecule has 0 atom stereocenters.